The number of hydrogen-bond donors (Lipinski definition) is 1. The highest BCUT2D eigenvalue weighted by Crippen LogP contribution is 2.28. The Kier molecular flexibility index (Phi) is 6.42. The molecular formula is C26H32N2O. The van der Waals surface area contributed by atoms with Gasteiger partial charge >= 0.3 is 0 Å². The summed E-state index contributed by atoms with van der Waals surface area (Å²) in [4.78, 5) is 12.6. The molecule has 3 heteroatoms. The molecule has 29 heavy (non-hydrogen) atoms. The highest BCUT2D eigenvalue weighted by atomic mass is 16.1. The molecule has 2 aromatic rings. The van der Waals surface area contributed by atoms with Crippen molar-refractivity contribution in [3.05, 3.63) is 70.3 Å². The third-order valence-electron chi connectivity index (χ3n) is 6.13. The summed E-state index contributed by atoms with van der Waals surface area (Å²) in [5.41, 5.74) is 5.22. The van der Waals surface area contributed by atoms with Gasteiger partial charge in [0.15, 0.2) is 0 Å². The first-order valence-electron chi connectivity index (χ1n) is 10.7. The highest BCUT2D eigenvalue weighted by molar-refractivity contribution is 5.94. The summed E-state index contributed by atoms with van der Waals surface area (Å²) < 4.78 is 0. The number of aryl methyl sites for hydroxylation is 1. The van der Waals surface area contributed by atoms with Crippen molar-refractivity contribution in [1.82, 2.24) is 5.32 Å². The van der Waals surface area contributed by atoms with Gasteiger partial charge in [0.05, 0.1) is 11.6 Å². The molecule has 0 radical (unpaired) electrons. The van der Waals surface area contributed by atoms with Gasteiger partial charge in [-0.3, -0.25) is 4.79 Å². The predicted octanol–water partition coefficient (Wildman–Crippen LogP) is 5.70. The second-order valence-corrected chi connectivity index (χ2v) is 9.48. The van der Waals surface area contributed by atoms with Crippen LogP contribution in [-0.2, 0) is 11.8 Å². The Balaban J connectivity index is 1.50. The van der Waals surface area contributed by atoms with Gasteiger partial charge in [0.2, 0.25) is 0 Å². The molecule has 1 fully saturated rings. The van der Waals surface area contributed by atoms with Crippen LogP contribution in [0.15, 0.2) is 42.5 Å². The van der Waals surface area contributed by atoms with Crippen LogP contribution in [0.25, 0.3) is 0 Å². The van der Waals surface area contributed by atoms with Gasteiger partial charge in [-0.1, -0.05) is 45.0 Å². The smallest absolute Gasteiger partial charge is 0.251 e. The maximum absolute atomic E-state index is 12.6. The lowest BCUT2D eigenvalue weighted by molar-refractivity contribution is 0.0922. The van der Waals surface area contributed by atoms with Crippen molar-refractivity contribution >= 4 is 5.91 Å². The Hall–Kier alpha value is -2.60. The number of benzene rings is 2. The zero-order valence-electron chi connectivity index (χ0n) is 18.1. The van der Waals surface area contributed by atoms with Gasteiger partial charge in [-0.2, -0.15) is 5.26 Å². The monoisotopic (exact) mass is 388 g/mol. The molecule has 1 N–H and O–H groups in total. The van der Waals surface area contributed by atoms with Gasteiger partial charge in [-0.15, -0.1) is 0 Å². The molecule has 1 saturated carbocycles. The molecule has 1 amide bonds. The summed E-state index contributed by atoms with van der Waals surface area (Å²) in [5.74, 6) is 0.693. The number of nitrogens with one attached hydrogen (secondary N) is 1. The van der Waals surface area contributed by atoms with Crippen LogP contribution in [0.5, 0.6) is 0 Å². The van der Waals surface area contributed by atoms with Crippen molar-refractivity contribution in [2.45, 2.75) is 71.3 Å². The standard InChI is InChI=1S/C26H32N2O/c1-18-15-20(5-8-22(18)17-27)16-19-6-13-24(14-7-19)28-25(29)21-9-11-23(12-10-21)26(2,3)4/h5,8-12,15,19,24H,6-7,13-14,16H2,1-4H3,(H,28,29). The van der Waals surface area contributed by atoms with E-state index in [9.17, 15) is 4.79 Å². The molecule has 2 aromatic carbocycles. The van der Waals surface area contributed by atoms with Crippen molar-refractivity contribution < 1.29 is 4.79 Å². The first-order valence-corrected chi connectivity index (χ1v) is 10.7. The molecule has 0 bridgehead atoms. The maximum Gasteiger partial charge on any atom is 0.251 e. The van der Waals surface area contributed by atoms with Crippen LogP contribution in [0.1, 0.15) is 79.1 Å². The van der Waals surface area contributed by atoms with Crippen molar-refractivity contribution in [2.24, 2.45) is 5.92 Å². The number of carbonyl (C=O) groups excluding carboxylic acids is 1. The van der Waals surface area contributed by atoms with E-state index < -0.39 is 0 Å². The van der Waals surface area contributed by atoms with Crippen molar-refractivity contribution in [1.29, 1.82) is 5.26 Å². The van der Waals surface area contributed by atoms with Crippen LogP contribution in [0.2, 0.25) is 0 Å². The first-order chi connectivity index (χ1) is 13.8. The third-order valence-corrected chi connectivity index (χ3v) is 6.13. The van der Waals surface area contributed by atoms with Gasteiger partial charge in [0, 0.05) is 11.6 Å². The molecule has 1 aliphatic rings. The Labute approximate surface area is 175 Å². The average molecular weight is 389 g/mol. The number of amides is 1. The van der Waals surface area contributed by atoms with Crippen LogP contribution in [0.3, 0.4) is 0 Å². The van der Waals surface area contributed by atoms with Gasteiger partial charge in [0.25, 0.3) is 5.91 Å². The zero-order chi connectivity index (χ0) is 21.0. The van der Waals surface area contributed by atoms with Gasteiger partial charge in [-0.25, -0.2) is 0 Å². The van der Waals surface area contributed by atoms with E-state index in [1.54, 1.807) is 0 Å². The van der Waals surface area contributed by atoms with Crippen LogP contribution < -0.4 is 5.32 Å². The van der Waals surface area contributed by atoms with E-state index in [1.807, 2.05) is 25.1 Å². The van der Waals surface area contributed by atoms with Crippen LogP contribution in [0.4, 0.5) is 0 Å². The van der Waals surface area contributed by atoms with E-state index in [0.717, 1.165) is 48.8 Å². The molecule has 0 aliphatic heterocycles. The van der Waals surface area contributed by atoms with Crippen LogP contribution in [0, 0.1) is 24.2 Å². The van der Waals surface area contributed by atoms with E-state index in [1.165, 1.54) is 11.1 Å². The minimum absolute atomic E-state index is 0.0385. The Morgan fingerprint density at radius 3 is 2.28 bits per heavy atom. The SMILES string of the molecule is Cc1cc(CC2CCC(NC(=O)c3ccc(C(C)(C)C)cc3)CC2)ccc1C#N. The fourth-order valence-corrected chi connectivity index (χ4v) is 4.21. The van der Waals surface area contributed by atoms with E-state index in [0.29, 0.717) is 5.92 Å². The van der Waals surface area contributed by atoms with Crippen molar-refractivity contribution in [2.75, 3.05) is 0 Å². The molecule has 152 valence electrons. The van der Waals surface area contributed by atoms with Crippen LogP contribution >= 0.6 is 0 Å². The Morgan fingerprint density at radius 2 is 1.72 bits per heavy atom. The van der Waals surface area contributed by atoms with E-state index in [-0.39, 0.29) is 17.4 Å². The topological polar surface area (TPSA) is 52.9 Å². The molecule has 0 unspecified atom stereocenters. The van der Waals surface area contributed by atoms with Gasteiger partial charge in [-0.05, 0) is 85.3 Å². The second-order valence-electron chi connectivity index (χ2n) is 9.48. The summed E-state index contributed by atoms with van der Waals surface area (Å²) in [5, 5.41) is 12.3. The van der Waals surface area contributed by atoms with Crippen molar-refractivity contribution in [3.63, 3.8) is 0 Å². The summed E-state index contributed by atoms with van der Waals surface area (Å²) in [6.45, 7) is 8.54. The molecule has 0 aromatic heterocycles. The zero-order valence-corrected chi connectivity index (χ0v) is 18.1. The first kappa shape index (κ1) is 21.1. The van der Waals surface area contributed by atoms with E-state index in [4.69, 9.17) is 5.26 Å². The van der Waals surface area contributed by atoms with Gasteiger partial charge in [0.1, 0.15) is 0 Å². The molecule has 0 saturated heterocycles. The summed E-state index contributed by atoms with van der Waals surface area (Å²) in [7, 11) is 0. The minimum atomic E-state index is 0.0385. The lowest BCUT2D eigenvalue weighted by atomic mass is 9.82. The van der Waals surface area contributed by atoms with E-state index in [2.05, 4.69) is 56.4 Å². The number of nitriles is 1. The predicted molar refractivity (Wildman–Crippen MR) is 118 cm³/mol. The summed E-state index contributed by atoms with van der Waals surface area (Å²) >= 11 is 0. The Morgan fingerprint density at radius 1 is 1.07 bits per heavy atom. The second kappa shape index (κ2) is 8.82. The summed E-state index contributed by atoms with van der Waals surface area (Å²) in [6.07, 6.45) is 5.39. The molecule has 0 atom stereocenters. The average Bonchev–Trinajstić information content (AvgIpc) is 2.69. The molecule has 0 heterocycles. The minimum Gasteiger partial charge on any atom is -0.349 e. The van der Waals surface area contributed by atoms with Gasteiger partial charge < -0.3 is 5.32 Å². The number of rotatable bonds is 4. The highest BCUT2D eigenvalue weighted by Gasteiger charge is 2.23. The maximum atomic E-state index is 12.6. The fourth-order valence-electron chi connectivity index (χ4n) is 4.21. The van der Waals surface area contributed by atoms with Crippen LogP contribution in [-0.4, -0.2) is 11.9 Å². The third kappa shape index (κ3) is 5.48. The molecule has 3 rings (SSSR count). The number of hydrogen-bond acceptors (Lipinski definition) is 2. The number of nitrogens with zero attached hydrogens (tertiary/aromatic N) is 1. The fraction of sp³-hybridized carbons (Fsp3) is 0.462. The lowest BCUT2D eigenvalue weighted by Crippen LogP contribution is -2.37. The van der Waals surface area contributed by atoms with Crippen molar-refractivity contribution in [3.8, 4) is 6.07 Å². The molecule has 3 nitrogen and oxygen atoms in total. The quantitative estimate of drug-likeness (QED) is 0.731. The molecule has 0 spiro atoms. The number of carbonyl (C=O) groups is 1. The largest absolute Gasteiger partial charge is 0.349 e. The summed E-state index contributed by atoms with van der Waals surface area (Å²) in [6, 6.07) is 16.7. The molecular weight excluding hydrogens is 356 g/mol. The molecule has 1 aliphatic carbocycles. The van der Waals surface area contributed by atoms with E-state index >= 15 is 0 Å². The lowest BCUT2D eigenvalue weighted by Gasteiger charge is -2.29. The normalized spacial score (nSPS) is 19.4. The Bertz CT molecular complexity index is 892.